The molecule has 1 fully saturated rings. The Morgan fingerprint density at radius 1 is 1.03 bits per heavy atom. The lowest BCUT2D eigenvalue weighted by molar-refractivity contribution is -0.139. The molecule has 2 aromatic carbocycles. The van der Waals surface area contributed by atoms with Crippen molar-refractivity contribution in [1.82, 2.24) is 10.2 Å². The summed E-state index contributed by atoms with van der Waals surface area (Å²) < 4.78 is 26.8. The molecule has 0 radical (unpaired) electrons. The third kappa shape index (κ3) is 7.01. The summed E-state index contributed by atoms with van der Waals surface area (Å²) in [4.78, 5) is 28.4. The molecule has 0 bridgehead atoms. The molecule has 7 nitrogen and oxygen atoms in total. The van der Waals surface area contributed by atoms with Gasteiger partial charge in [-0.05, 0) is 56.4 Å². The second-order valence-corrected chi connectivity index (χ2v) is 12.0. The highest BCUT2D eigenvalue weighted by molar-refractivity contribution is 7.92. The number of carbonyl (C=O) groups is 2. The molecule has 1 saturated carbocycles. The Morgan fingerprint density at radius 2 is 1.64 bits per heavy atom. The fourth-order valence-corrected chi connectivity index (χ4v) is 5.90. The van der Waals surface area contributed by atoms with Crippen LogP contribution >= 0.6 is 11.6 Å². The van der Waals surface area contributed by atoms with E-state index in [2.05, 4.69) is 5.32 Å². The number of amides is 2. The number of para-hydroxylation sites is 1. The number of carbonyl (C=O) groups excluding carboxylic acids is 2. The SMILES string of the molecule is Cc1cccc(C)c1N(CC(=O)N(Cc1ccccc1Cl)[C@@H](C)C(=O)NC1CCCCC1)S(C)(=O)=O. The van der Waals surface area contributed by atoms with Crippen LogP contribution < -0.4 is 9.62 Å². The van der Waals surface area contributed by atoms with E-state index in [1.807, 2.05) is 38.1 Å². The minimum Gasteiger partial charge on any atom is -0.352 e. The summed E-state index contributed by atoms with van der Waals surface area (Å²) in [6.45, 7) is 4.97. The number of benzene rings is 2. The number of nitrogens with zero attached hydrogens (tertiary/aromatic N) is 2. The van der Waals surface area contributed by atoms with Gasteiger partial charge in [0.2, 0.25) is 21.8 Å². The zero-order valence-electron chi connectivity index (χ0n) is 21.5. The molecule has 1 N–H and O–H groups in total. The van der Waals surface area contributed by atoms with Crippen molar-refractivity contribution in [3.05, 3.63) is 64.2 Å². The van der Waals surface area contributed by atoms with Crippen LogP contribution in [0.4, 0.5) is 5.69 Å². The average molecular weight is 534 g/mol. The van der Waals surface area contributed by atoms with Crippen molar-refractivity contribution in [2.75, 3.05) is 17.1 Å². The van der Waals surface area contributed by atoms with Crippen molar-refractivity contribution >= 4 is 39.1 Å². The van der Waals surface area contributed by atoms with Crippen LogP contribution in [-0.4, -0.2) is 50.0 Å². The van der Waals surface area contributed by atoms with Gasteiger partial charge in [-0.1, -0.05) is 67.3 Å². The Kier molecular flexibility index (Phi) is 9.41. The Morgan fingerprint density at radius 3 is 2.22 bits per heavy atom. The van der Waals surface area contributed by atoms with E-state index in [-0.39, 0.29) is 18.5 Å². The zero-order chi connectivity index (χ0) is 26.5. The third-order valence-electron chi connectivity index (χ3n) is 6.79. The lowest BCUT2D eigenvalue weighted by atomic mass is 9.95. The molecule has 1 atom stereocenters. The number of aryl methyl sites for hydroxylation is 2. The molecule has 0 saturated heterocycles. The van der Waals surface area contributed by atoms with E-state index in [4.69, 9.17) is 11.6 Å². The van der Waals surface area contributed by atoms with Gasteiger partial charge in [0.25, 0.3) is 0 Å². The molecule has 2 aromatic rings. The summed E-state index contributed by atoms with van der Waals surface area (Å²) in [5.74, 6) is -0.727. The van der Waals surface area contributed by atoms with Crippen molar-refractivity contribution in [2.45, 2.75) is 71.5 Å². The lowest BCUT2D eigenvalue weighted by Gasteiger charge is -2.33. The van der Waals surface area contributed by atoms with Crippen LogP contribution in [-0.2, 0) is 26.2 Å². The minimum absolute atomic E-state index is 0.0854. The van der Waals surface area contributed by atoms with E-state index in [0.717, 1.165) is 47.4 Å². The number of sulfonamides is 1. The fraction of sp³-hybridized carbons (Fsp3) is 0.481. The Hall–Kier alpha value is -2.58. The van der Waals surface area contributed by atoms with Gasteiger partial charge < -0.3 is 10.2 Å². The van der Waals surface area contributed by atoms with Crippen molar-refractivity contribution in [1.29, 1.82) is 0 Å². The number of rotatable bonds is 9. The van der Waals surface area contributed by atoms with Gasteiger partial charge in [-0.15, -0.1) is 0 Å². The second kappa shape index (κ2) is 12.1. The van der Waals surface area contributed by atoms with Crippen LogP contribution in [0.3, 0.4) is 0 Å². The molecule has 1 aliphatic rings. The molecule has 0 aromatic heterocycles. The Balaban J connectivity index is 1.92. The first-order chi connectivity index (χ1) is 17.0. The zero-order valence-corrected chi connectivity index (χ0v) is 23.0. The molecule has 0 spiro atoms. The summed E-state index contributed by atoms with van der Waals surface area (Å²) in [5, 5.41) is 3.57. The van der Waals surface area contributed by atoms with Crippen molar-refractivity contribution in [3.8, 4) is 0 Å². The largest absolute Gasteiger partial charge is 0.352 e. The van der Waals surface area contributed by atoms with Crippen LogP contribution in [0.1, 0.15) is 55.7 Å². The molecule has 0 aliphatic heterocycles. The maximum atomic E-state index is 13.7. The highest BCUT2D eigenvalue weighted by Crippen LogP contribution is 2.27. The Labute approximate surface area is 219 Å². The fourth-order valence-electron chi connectivity index (χ4n) is 4.74. The highest BCUT2D eigenvalue weighted by atomic mass is 35.5. The maximum absolute atomic E-state index is 13.7. The summed E-state index contributed by atoms with van der Waals surface area (Å²) in [6, 6.07) is 11.9. The lowest BCUT2D eigenvalue weighted by Crippen LogP contribution is -2.53. The molecule has 2 amide bonds. The van der Waals surface area contributed by atoms with Crippen molar-refractivity contribution in [2.24, 2.45) is 0 Å². The normalized spacial score (nSPS) is 15.2. The smallest absolute Gasteiger partial charge is 0.244 e. The molecule has 3 rings (SSSR count). The maximum Gasteiger partial charge on any atom is 0.244 e. The number of hydrogen-bond donors (Lipinski definition) is 1. The Bertz CT molecular complexity index is 1180. The van der Waals surface area contributed by atoms with E-state index in [1.54, 1.807) is 25.1 Å². The average Bonchev–Trinajstić information content (AvgIpc) is 2.82. The molecule has 0 unspecified atom stereocenters. The van der Waals surface area contributed by atoms with Crippen LogP contribution in [0.25, 0.3) is 0 Å². The summed E-state index contributed by atoms with van der Waals surface area (Å²) >= 11 is 6.38. The van der Waals surface area contributed by atoms with Gasteiger partial charge >= 0.3 is 0 Å². The van der Waals surface area contributed by atoms with Crippen LogP contribution in [0.5, 0.6) is 0 Å². The quantitative estimate of drug-likeness (QED) is 0.511. The van der Waals surface area contributed by atoms with Crippen LogP contribution in [0.2, 0.25) is 5.02 Å². The van der Waals surface area contributed by atoms with Crippen molar-refractivity contribution in [3.63, 3.8) is 0 Å². The molecule has 196 valence electrons. The predicted molar refractivity (Wildman–Crippen MR) is 145 cm³/mol. The van der Waals surface area contributed by atoms with Gasteiger partial charge in [0.1, 0.15) is 12.6 Å². The predicted octanol–water partition coefficient (Wildman–Crippen LogP) is 4.59. The van der Waals surface area contributed by atoms with Gasteiger partial charge in [0.15, 0.2) is 0 Å². The topological polar surface area (TPSA) is 86.8 Å². The first-order valence-electron chi connectivity index (χ1n) is 12.4. The standard InChI is InChI=1S/C27H36ClN3O4S/c1-19-11-10-12-20(2)26(19)31(36(4,34)35)18-25(32)30(17-22-13-8-9-16-24(22)28)21(3)27(33)29-23-14-6-5-7-15-23/h8-13,16,21,23H,5-7,14-15,17-18H2,1-4H3,(H,29,33)/t21-/m0/s1. The van der Waals surface area contributed by atoms with Gasteiger partial charge in [-0.3, -0.25) is 13.9 Å². The van der Waals surface area contributed by atoms with E-state index in [1.165, 1.54) is 11.3 Å². The molecule has 1 aliphatic carbocycles. The first kappa shape index (κ1) is 28.0. The van der Waals surface area contributed by atoms with Gasteiger partial charge in [-0.2, -0.15) is 0 Å². The van der Waals surface area contributed by atoms with E-state index >= 15 is 0 Å². The number of halogens is 1. The summed E-state index contributed by atoms with van der Waals surface area (Å²) in [7, 11) is -3.78. The van der Waals surface area contributed by atoms with Crippen LogP contribution in [0, 0.1) is 13.8 Å². The summed E-state index contributed by atoms with van der Waals surface area (Å²) in [6.07, 6.45) is 6.24. The van der Waals surface area contributed by atoms with E-state index < -0.39 is 28.5 Å². The number of hydrogen-bond acceptors (Lipinski definition) is 4. The minimum atomic E-state index is -3.78. The molecular weight excluding hydrogens is 498 g/mol. The van der Waals surface area contributed by atoms with E-state index in [9.17, 15) is 18.0 Å². The monoisotopic (exact) mass is 533 g/mol. The van der Waals surface area contributed by atoms with E-state index in [0.29, 0.717) is 16.3 Å². The third-order valence-corrected chi connectivity index (χ3v) is 8.27. The van der Waals surface area contributed by atoms with Crippen LogP contribution in [0.15, 0.2) is 42.5 Å². The summed E-state index contributed by atoms with van der Waals surface area (Å²) in [5.41, 5.74) is 2.65. The van der Waals surface area contributed by atoms with Crippen molar-refractivity contribution < 1.29 is 18.0 Å². The second-order valence-electron chi connectivity index (χ2n) is 9.64. The molecular formula is C27H36ClN3O4S. The molecule has 0 heterocycles. The van der Waals surface area contributed by atoms with Gasteiger partial charge in [-0.25, -0.2) is 8.42 Å². The first-order valence-corrected chi connectivity index (χ1v) is 14.6. The molecule has 36 heavy (non-hydrogen) atoms. The highest BCUT2D eigenvalue weighted by Gasteiger charge is 2.32. The van der Waals surface area contributed by atoms with Gasteiger partial charge in [0, 0.05) is 17.6 Å². The number of anilines is 1. The number of nitrogens with one attached hydrogen (secondary N) is 1. The van der Waals surface area contributed by atoms with Gasteiger partial charge in [0.05, 0.1) is 11.9 Å². The molecule has 9 heteroatoms.